The van der Waals surface area contributed by atoms with Crippen LogP contribution in [0.15, 0.2) is 35.5 Å². The van der Waals surface area contributed by atoms with E-state index in [9.17, 15) is 9.18 Å². The smallest absolute Gasteiger partial charge is 0.248 e. The van der Waals surface area contributed by atoms with E-state index in [1.54, 1.807) is 16.8 Å². The topological polar surface area (TPSA) is 72.7 Å². The van der Waals surface area contributed by atoms with Gasteiger partial charge in [-0.3, -0.25) is 4.79 Å². The van der Waals surface area contributed by atoms with Crippen molar-refractivity contribution >= 4 is 11.7 Å². The second-order valence-corrected chi connectivity index (χ2v) is 6.86. The van der Waals surface area contributed by atoms with Crippen LogP contribution in [0.1, 0.15) is 38.3 Å². The molecule has 0 fully saturated rings. The molecule has 1 atom stereocenters. The molecule has 0 amide bonds. The van der Waals surface area contributed by atoms with Crippen molar-refractivity contribution < 1.29 is 9.18 Å². The van der Waals surface area contributed by atoms with E-state index in [1.165, 1.54) is 12.1 Å². The number of rotatable bonds is 1. The number of nitrogens with zero attached hydrogens (tertiary/aromatic N) is 4. The van der Waals surface area contributed by atoms with Gasteiger partial charge in [0.05, 0.1) is 0 Å². The van der Waals surface area contributed by atoms with Crippen molar-refractivity contribution in [3.8, 4) is 0 Å². The van der Waals surface area contributed by atoms with E-state index >= 15 is 0 Å². The van der Waals surface area contributed by atoms with E-state index in [2.05, 4.69) is 34.7 Å². The number of carbonyl (C=O) groups excluding carboxylic acids is 1. The van der Waals surface area contributed by atoms with Crippen LogP contribution in [0.25, 0.3) is 0 Å². The fraction of sp³-hybridized carbons (Fsp3) is 0.375. The first-order chi connectivity index (χ1) is 10.9. The highest BCUT2D eigenvalue weighted by atomic mass is 19.1. The summed E-state index contributed by atoms with van der Waals surface area (Å²) in [6, 6.07) is 5.71. The van der Waals surface area contributed by atoms with Crippen LogP contribution in [-0.2, 0) is 4.79 Å². The number of aromatic nitrogens is 4. The van der Waals surface area contributed by atoms with Crippen LogP contribution in [0.2, 0.25) is 0 Å². The number of ketones is 1. The van der Waals surface area contributed by atoms with Gasteiger partial charge in [-0.15, -0.1) is 0 Å². The van der Waals surface area contributed by atoms with Crippen LogP contribution in [0.5, 0.6) is 0 Å². The highest BCUT2D eigenvalue weighted by Gasteiger charge is 2.41. The average Bonchev–Trinajstić information content (AvgIpc) is 2.92. The highest BCUT2D eigenvalue weighted by Crippen LogP contribution is 2.44. The molecule has 2 heterocycles. The monoisotopic (exact) mass is 313 g/mol. The number of allylic oxidation sites excluding steroid dienone is 2. The molecule has 1 aliphatic carbocycles. The van der Waals surface area contributed by atoms with Gasteiger partial charge >= 0.3 is 0 Å². The highest BCUT2D eigenvalue weighted by molar-refractivity contribution is 6.00. The van der Waals surface area contributed by atoms with Crippen LogP contribution in [0.3, 0.4) is 0 Å². The maximum atomic E-state index is 13.3. The average molecular weight is 313 g/mol. The van der Waals surface area contributed by atoms with Crippen LogP contribution in [0.4, 0.5) is 10.3 Å². The van der Waals surface area contributed by atoms with Gasteiger partial charge in [-0.1, -0.05) is 31.1 Å². The Bertz CT molecular complexity index is 821. The molecule has 0 bridgehead atoms. The van der Waals surface area contributed by atoms with E-state index in [0.717, 1.165) is 17.7 Å². The number of Topliss-reactive ketones (excluding diaryl/α,β-unsaturated/α-hetero) is 1. The number of hydrogen-bond donors (Lipinski definition) is 1. The summed E-state index contributed by atoms with van der Waals surface area (Å²) >= 11 is 0. The zero-order valence-electron chi connectivity index (χ0n) is 12.9. The van der Waals surface area contributed by atoms with Crippen molar-refractivity contribution in [3.63, 3.8) is 0 Å². The molecule has 118 valence electrons. The van der Waals surface area contributed by atoms with Crippen molar-refractivity contribution in [3.05, 3.63) is 46.9 Å². The Morgan fingerprint density at radius 3 is 2.74 bits per heavy atom. The Kier molecular flexibility index (Phi) is 2.88. The van der Waals surface area contributed by atoms with Gasteiger partial charge in [-0.2, -0.15) is 4.68 Å². The van der Waals surface area contributed by atoms with Gasteiger partial charge in [0.2, 0.25) is 5.95 Å². The summed E-state index contributed by atoms with van der Waals surface area (Å²) in [6.45, 7) is 4.14. The van der Waals surface area contributed by atoms with E-state index in [1.807, 2.05) is 0 Å². The third-order valence-electron chi connectivity index (χ3n) is 4.38. The first-order valence-corrected chi connectivity index (χ1v) is 7.51. The van der Waals surface area contributed by atoms with Gasteiger partial charge in [0.15, 0.2) is 5.78 Å². The molecule has 2 aliphatic rings. The van der Waals surface area contributed by atoms with Crippen LogP contribution >= 0.6 is 0 Å². The second-order valence-electron chi connectivity index (χ2n) is 6.86. The molecule has 0 spiro atoms. The quantitative estimate of drug-likeness (QED) is 0.875. The lowest BCUT2D eigenvalue weighted by Gasteiger charge is -2.37. The van der Waals surface area contributed by atoms with E-state index in [0.29, 0.717) is 17.9 Å². The van der Waals surface area contributed by atoms with Gasteiger partial charge in [0.1, 0.15) is 11.9 Å². The van der Waals surface area contributed by atoms with Crippen molar-refractivity contribution in [1.29, 1.82) is 0 Å². The van der Waals surface area contributed by atoms with Crippen LogP contribution < -0.4 is 5.32 Å². The summed E-state index contributed by atoms with van der Waals surface area (Å²) in [7, 11) is 0. The summed E-state index contributed by atoms with van der Waals surface area (Å²) in [5.41, 5.74) is 2.23. The number of halogens is 1. The Morgan fingerprint density at radius 2 is 2.00 bits per heavy atom. The number of benzene rings is 1. The number of anilines is 1. The molecule has 0 saturated carbocycles. The van der Waals surface area contributed by atoms with Crippen molar-refractivity contribution in [2.24, 2.45) is 5.41 Å². The van der Waals surface area contributed by atoms with E-state index < -0.39 is 6.04 Å². The molecule has 0 radical (unpaired) electrons. The van der Waals surface area contributed by atoms with Crippen molar-refractivity contribution in [2.75, 3.05) is 5.32 Å². The fourth-order valence-electron chi connectivity index (χ4n) is 3.42. The lowest BCUT2D eigenvalue weighted by atomic mass is 9.73. The standard InChI is InChI=1S/C16H16FN5O/c1-16(2)7-11-13(12(23)8-16)14(9-3-5-10(17)6-4-9)22-15(18-11)19-20-21-22/h3-6,14H,7-8H2,1-2H3,(H,18,19,21)/t14-/m0/s1. The van der Waals surface area contributed by atoms with Crippen molar-refractivity contribution in [2.45, 2.75) is 32.7 Å². The summed E-state index contributed by atoms with van der Waals surface area (Å²) in [4.78, 5) is 12.8. The molecule has 23 heavy (non-hydrogen) atoms. The van der Waals surface area contributed by atoms with E-state index in [4.69, 9.17) is 0 Å². The Hall–Kier alpha value is -2.57. The fourth-order valence-corrected chi connectivity index (χ4v) is 3.42. The lowest BCUT2D eigenvalue weighted by molar-refractivity contribution is -0.118. The molecule has 4 rings (SSSR count). The number of carbonyl (C=O) groups is 1. The zero-order chi connectivity index (χ0) is 16.2. The SMILES string of the molecule is CC1(C)CC(=O)C2=C(C1)Nc1nnnn1[C@H]2c1ccc(F)cc1. The molecule has 1 aromatic heterocycles. The van der Waals surface area contributed by atoms with Gasteiger partial charge in [-0.05, 0) is 40.0 Å². The molecular weight excluding hydrogens is 297 g/mol. The van der Waals surface area contributed by atoms with Crippen LogP contribution in [0, 0.1) is 11.2 Å². The molecule has 0 saturated heterocycles. The molecule has 7 heteroatoms. The minimum atomic E-state index is -0.416. The molecule has 2 aromatic rings. The molecule has 1 N–H and O–H groups in total. The summed E-state index contributed by atoms with van der Waals surface area (Å²) < 4.78 is 14.8. The molecule has 1 aromatic carbocycles. The Balaban J connectivity index is 1.89. The number of fused-ring (bicyclic) bond motifs is 1. The van der Waals surface area contributed by atoms with Gasteiger partial charge in [0, 0.05) is 17.7 Å². The number of nitrogens with one attached hydrogen (secondary N) is 1. The predicted molar refractivity (Wildman–Crippen MR) is 81.0 cm³/mol. The largest absolute Gasteiger partial charge is 0.326 e. The third kappa shape index (κ3) is 2.23. The van der Waals surface area contributed by atoms with Gasteiger partial charge in [0.25, 0.3) is 0 Å². The maximum absolute atomic E-state index is 13.3. The Morgan fingerprint density at radius 1 is 1.26 bits per heavy atom. The normalized spacial score (nSPS) is 22.4. The van der Waals surface area contributed by atoms with Gasteiger partial charge in [-0.25, -0.2) is 4.39 Å². The first kappa shape index (κ1) is 14.0. The summed E-state index contributed by atoms with van der Waals surface area (Å²) in [5.74, 6) is 0.271. The third-order valence-corrected chi connectivity index (χ3v) is 4.38. The summed E-state index contributed by atoms with van der Waals surface area (Å²) in [5, 5.41) is 14.9. The Labute approximate surface area is 132 Å². The summed E-state index contributed by atoms with van der Waals surface area (Å²) in [6.07, 6.45) is 1.22. The minimum Gasteiger partial charge on any atom is -0.326 e. The molecule has 1 aliphatic heterocycles. The predicted octanol–water partition coefficient (Wildman–Crippen LogP) is 2.47. The second kappa shape index (κ2) is 4.71. The van der Waals surface area contributed by atoms with Crippen LogP contribution in [-0.4, -0.2) is 26.0 Å². The molecular formula is C16H16FN5O. The maximum Gasteiger partial charge on any atom is 0.248 e. The zero-order valence-corrected chi connectivity index (χ0v) is 12.9. The molecule has 0 unspecified atom stereocenters. The number of hydrogen-bond acceptors (Lipinski definition) is 5. The molecule has 6 nitrogen and oxygen atoms in total. The number of tetrazole rings is 1. The first-order valence-electron chi connectivity index (χ1n) is 7.51. The van der Waals surface area contributed by atoms with E-state index in [-0.39, 0.29) is 17.0 Å². The minimum absolute atomic E-state index is 0.0826. The lowest BCUT2D eigenvalue weighted by Crippen LogP contribution is -2.36. The van der Waals surface area contributed by atoms with Gasteiger partial charge < -0.3 is 5.32 Å². The van der Waals surface area contributed by atoms with Crippen molar-refractivity contribution in [1.82, 2.24) is 20.2 Å².